The van der Waals surface area contributed by atoms with E-state index >= 15 is 0 Å². The van der Waals surface area contributed by atoms with Gasteiger partial charge in [0.25, 0.3) is 6.43 Å². The number of rotatable bonds is 6. The zero-order valence-corrected chi connectivity index (χ0v) is 10.3. The Hall–Kier alpha value is -1.22. The van der Waals surface area contributed by atoms with Crippen molar-refractivity contribution >= 4 is 6.08 Å². The number of hydrogen-bond acceptors (Lipinski definition) is 1. The molecule has 0 amide bonds. The van der Waals surface area contributed by atoms with Gasteiger partial charge in [0, 0.05) is 12.1 Å². The van der Waals surface area contributed by atoms with Crippen molar-refractivity contribution in [3.63, 3.8) is 0 Å². The lowest BCUT2D eigenvalue weighted by Crippen LogP contribution is -2.16. The van der Waals surface area contributed by atoms with Gasteiger partial charge in [-0.1, -0.05) is 36.8 Å². The normalized spacial score (nSPS) is 12.2. The third-order valence-corrected chi connectivity index (χ3v) is 2.41. The van der Waals surface area contributed by atoms with Gasteiger partial charge in [-0.3, -0.25) is 0 Å². The number of nitrogens with one attached hydrogen (secondary N) is 1. The van der Waals surface area contributed by atoms with Crippen LogP contribution in [0.4, 0.5) is 8.78 Å². The molecule has 94 valence electrons. The molecule has 1 nitrogen and oxygen atoms in total. The molecule has 0 radical (unpaired) electrons. The van der Waals surface area contributed by atoms with Crippen molar-refractivity contribution in [3.8, 4) is 0 Å². The second-order valence-electron chi connectivity index (χ2n) is 4.14. The Labute approximate surface area is 102 Å². The maximum atomic E-state index is 12.5. The quantitative estimate of drug-likeness (QED) is 0.739. The molecule has 0 aliphatic rings. The Morgan fingerprint density at radius 3 is 2.82 bits per heavy atom. The summed E-state index contributed by atoms with van der Waals surface area (Å²) in [6.07, 6.45) is 0.629. The molecule has 0 fully saturated rings. The van der Waals surface area contributed by atoms with Crippen molar-refractivity contribution in [2.75, 3.05) is 13.1 Å². The monoisotopic (exact) mass is 239 g/mol. The first kappa shape index (κ1) is 13.8. The molecule has 0 saturated carbocycles. The number of halogens is 2. The van der Waals surface area contributed by atoms with E-state index in [0.29, 0.717) is 0 Å². The fraction of sp³-hybridized carbons (Fsp3) is 0.429. The van der Waals surface area contributed by atoms with Gasteiger partial charge in [0.15, 0.2) is 0 Å². The van der Waals surface area contributed by atoms with E-state index in [1.807, 2.05) is 19.1 Å². The maximum absolute atomic E-state index is 12.5. The van der Waals surface area contributed by atoms with E-state index in [1.165, 1.54) is 12.1 Å². The standard InChI is InChI=1S/C14H19F2N/c1-3-7-17-10-11(2)8-12-5-4-6-13(9-12)14(15)16/h4-6,8-9,14,17H,3,7,10H2,1-2H3/b11-8+. The number of hydrogen-bond donors (Lipinski definition) is 1. The Kier molecular flexibility index (Phi) is 5.84. The van der Waals surface area contributed by atoms with Crippen LogP contribution in [0, 0.1) is 0 Å². The van der Waals surface area contributed by atoms with Crippen molar-refractivity contribution in [2.24, 2.45) is 0 Å². The summed E-state index contributed by atoms with van der Waals surface area (Å²) in [4.78, 5) is 0. The average Bonchev–Trinajstić information content (AvgIpc) is 2.29. The van der Waals surface area contributed by atoms with Crippen LogP contribution in [0.5, 0.6) is 0 Å². The van der Waals surface area contributed by atoms with Gasteiger partial charge in [-0.05, 0) is 31.5 Å². The minimum Gasteiger partial charge on any atom is -0.313 e. The van der Waals surface area contributed by atoms with Gasteiger partial charge < -0.3 is 5.32 Å². The highest BCUT2D eigenvalue weighted by Gasteiger charge is 2.05. The van der Waals surface area contributed by atoms with E-state index < -0.39 is 6.43 Å². The lowest BCUT2D eigenvalue weighted by Gasteiger charge is -2.05. The van der Waals surface area contributed by atoms with Crippen molar-refractivity contribution in [2.45, 2.75) is 26.7 Å². The first-order valence-electron chi connectivity index (χ1n) is 5.89. The molecule has 0 aromatic heterocycles. The molecule has 1 rings (SSSR count). The van der Waals surface area contributed by atoms with Crippen molar-refractivity contribution in [3.05, 3.63) is 41.0 Å². The van der Waals surface area contributed by atoms with E-state index in [2.05, 4.69) is 12.2 Å². The summed E-state index contributed by atoms with van der Waals surface area (Å²) < 4.78 is 25.0. The molecule has 0 bridgehead atoms. The van der Waals surface area contributed by atoms with Gasteiger partial charge >= 0.3 is 0 Å². The maximum Gasteiger partial charge on any atom is 0.263 e. The molecule has 0 aliphatic heterocycles. The Balaban J connectivity index is 2.66. The van der Waals surface area contributed by atoms with Crippen LogP contribution in [-0.4, -0.2) is 13.1 Å². The van der Waals surface area contributed by atoms with E-state index in [-0.39, 0.29) is 5.56 Å². The third kappa shape index (κ3) is 5.09. The van der Waals surface area contributed by atoms with Gasteiger partial charge in [0.05, 0.1) is 0 Å². The van der Waals surface area contributed by atoms with Crippen molar-refractivity contribution in [1.29, 1.82) is 0 Å². The molecule has 1 N–H and O–H groups in total. The number of alkyl halides is 2. The van der Waals surface area contributed by atoms with Gasteiger partial charge in [-0.25, -0.2) is 8.78 Å². The fourth-order valence-corrected chi connectivity index (χ4v) is 1.58. The highest BCUT2D eigenvalue weighted by molar-refractivity contribution is 5.53. The van der Waals surface area contributed by atoms with Crippen LogP contribution < -0.4 is 5.32 Å². The molecule has 0 aliphatic carbocycles. The highest BCUT2D eigenvalue weighted by atomic mass is 19.3. The van der Waals surface area contributed by atoms with Crippen LogP contribution >= 0.6 is 0 Å². The minimum absolute atomic E-state index is 0.0769. The molecular formula is C14H19F2N. The highest BCUT2D eigenvalue weighted by Crippen LogP contribution is 2.20. The minimum atomic E-state index is -2.40. The SMILES string of the molecule is CCCNC/C(C)=C/c1cccc(C(F)F)c1. The largest absolute Gasteiger partial charge is 0.313 e. The summed E-state index contributed by atoms with van der Waals surface area (Å²) in [5.74, 6) is 0. The Morgan fingerprint density at radius 1 is 1.41 bits per heavy atom. The summed E-state index contributed by atoms with van der Waals surface area (Å²) in [5, 5.41) is 3.28. The second-order valence-corrected chi connectivity index (χ2v) is 4.14. The smallest absolute Gasteiger partial charge is 0.263 e. The predicted molar refractivity (Wildman–Crippen MR) is 68.2 cm³/mol. The lowest BCUT2D eigenvalue weighted by molar-refractivity contribution is 0.151. The van der Waals surface area contributed by atoms with Crippen LogP contribution in [-0.2, 0) is 0 Å². The van der Waals surface area contributed by atoms with E-state index in [4.69, 9.17) is 0 Å². The molecular weight excluding hydrogens is 220 g/mol. The summed E-state index contributed by atoms with van der Waals surface area (Å²) in [5.41, 5.74) is 2.05. The summed E-state index contributed by atoms with van der Waals surface area (Å²) >= 11 is 0. The molecule has 0 heterocycles. The topological polar surface area (TPSA) is 12.0 Å². The Morgan fingerprint density at radius 2 is 2.18 bits per heavy atom. The first-order chi connectivity index (χ1) is 8.13. The summed E-state index contributed by atoms with van der Waals surface area (Å²) in [6.45, 7) is 5.88. The molecule has 0 spiro atoms. The van der Waals surface area contributed by atoms with Gasteiger partial charge in [-0.2, -0.15) is 0 Å². The number of benzene rings is 1. The van der Waals surface area contributed by atoms with Crippen LogP contribution in [0.15, 0.2) is 29.8 Å². The average molecular weight is 239 g/mol. The summed E-state index contributed by atoms with van der Waals surface area (Å²) in [7, 11) is 0. The molecule has 17 heavy (non-hydrogen) atoms. The van der Waals surface area contributed by atoms with Crippen molar-refractivity contribution in [1.82, 2.24) is 5.32 Å². The molecule has 0 unspecified atom stereocenters. The van der Waals surface area contributed by atoms with Crippen LogP contribution in [0.3, 0.4) is 0 Å². The third-order valence-electron chi connectivity index (χ3n) is 2.41. The van der Waals surface area contributed by atoms with Crippen LogP contribution in [0.25, 0.3) is 6.08 Å². The Bertz CT molecular complexity index is 372. The van der Waals surface area contributed by atoms with E-state index in [9.17, 15) is 8.78 Å². The fourth-order valence-electron chi connectivity index (χ4n) is 1.58. The summed E-state index contributed by atoms with van der Waals surface area (Å²) in [6, 6.07) is 6.50. The predicted octanol–water partition coefficient (Wildman–Crippen LogP) is 4.03. The zero-order valence-electron chi connectivity index (χ0n) is 10.3. The second kappa shape index (κ2) is 7.17. The van der Waals surface area contributed by atoms with E-state index in [1.54, 1.807) is 6.07 Å². The van der Waals surface area contributed by atoms with Gasteiger partial charge in [0.1, 0.15) is 0 Å². The van der Waals surface area contributed by atoms with Crippen LogP contribution in [0.2, 0.25) is 0 Å². The molecule has 0 atom stereocenters. The molecule has 1 aromatic rings. The molecule has 3 heteroatoms. The van der Waals surface area contributed by atoms with Crippen molar-refractivity contribution < 1.29 is 8.78 Å². The lowest BCUT2D eigenvalue weighted by atomic mass is 10.1. The first-order valence-corrected chi connectivity index (χ1v) is 5.89. The molecule has 0 saturated heterocycles. The van der Waals surface area contributed by atoms with E-state index in [0.717, 1.165) is 30.6 Å². The zero-order chi connectivity index (χ0) is 12.7. The van der Waals surface area contributed by atoms with Gasteiger partial charge in [-0.15, -0.1) is 0 Å². The molecule has 1 aromatic carbocycles. The van der Waals surface area contributed by atoms with Crippen LogP contribution in [0.1, 0.15) is 37.8 Å². The van der Waals surface area contributed by atoms with Gasteiger partial charge in [0.2, 0.25) is 0 Å².